The Hall–Kier alpha value is 0.430. The lowest BCUT2D eigenvalue weighted by atomic mass is 9.95. The van der Waals surface area contributed by atoms with Gasteiger partial charge < -0.3 is 5.32 Å². The topological polar surface area (TPSA) is 12.0 Å². The van der Waals surface area contributed by atoms with Crippen LogP contribution in [0.4, 0.5) is 0 Å². The Bertz CT molecular complexity index is 303. The predicted octanol–water partition coefficient (Wildman–Crippen LogP) is 4.40. The first-order valence-electron chi connectivity index (χ1n) is 5.15. The van der Waals surface area contributed by atoms with Crippen molar-refractivity contribution in [3.05, 3.63) is 20.8 Å². The first-order valence-corrected chi connectivity index (χ1v) is 7.29. The van der Waals surface area contributed by atoms with Crippen LogP contribution in [0.15, 0.2) is 15.9 Å². The van der Waals surface area contributed by atoms with Gasteiger partial charge in [0.25, 0.3) is 0 Å². The lowest BCUT2D eigenvalue weighted by molar-refractivity contribution is 0.332. The van der Waals surface area contributed by atoms with Crippen molar-refractivity contribution >= 4 is 38.9 Å². The van der Waals surface area contributed by atoms with Gasteiger partial charge in [0.15, 0.2) is 0 Å². The molecule has 0 amide bonds. The van der Waals surface area contributed by atoms with Gasteiger partial charge in [-0.2, -0.15) is 0 Å². The molecule has 4 heteroatoms. The van der Waals surface area contributed by atoms with Crippen LogP contribution in [0.5, 0.6) is 0 Å². The molecule has 0 saturated heterocycles. The molecule has 1 aromatic heterocycles. The van der Waals surface area contributed by atoms with Gasteiger partial charge in [0.05, 0.1) is 3.79 Å². The quantitative estimate of drug-likeness (QED) is 0.768. The Balaban J connectivity index is 2.47. The molecule has 0 spiro atoms. The van der Waals surface area contributed by atoms with Crippen LogP contribution < -0.4 is 5.32 Å². The molecule has 0 aliphatic carbocycles. The molecule has 1 nitrogen and oxygen atoms in total. The van der Waals surface area contributed by atoms with Crippen LogP contribution in [-0.4, -0.2) is 11.4 Å². The van der Waals surface area contributed by atoms with Gasteiger partial charge in [-0.15, -0.1) is 22.9 Å². The number of nitrogens with one attached hydrogen (secondary N) is 1. The second kappa shape index (κ2) is 6.24. The fraction of sp³-hybridized carbons (Fsp3) is 0.636. The maximum absolute atomic E-state index is 5.81. The minimum Gasteiger partial charge on any atom is -0.307 e. The molecule has 0 aliphatic rings. The van der Waals surface area contributed by atoms with Crippen LogP contribution in [0.3, 0.4) is 0 Å². The maximum Gasteiger partial charge on any atom is 0.0701 e. The molecular formula is C11H17BrClNS. The zero-order valence-electron chi connectivity index (χ0n) is 9.15. The molecule has 0 bridgehead atoms. The molecular weight excluding hydrogens is 294 g/mol. The van der Waals surface area contributed by atoms with E-state index in [1.54, 1.807) is 11.3 Å². The molecule has 15 heavy (non-hydrogen) atoms. The van der Waals surface area contributed by atoms with E-state index in [0.29, 0.717) is 5.88 Å². The Kier molecular flexibility index (Phi) is 5.61. The zero-order valence-corrected chi connectivity index (χ0v) is 12.3. The van der Waals surface area contributed by atoms with Crippen LogP contribution in [-0.2, 0) is 6.54 Å². The van der Waals surface area contributed by atoms with E-state index in [1.165, 1.54) is 8.66 Å². The van der Waals surface area contributed by atoms with Crippen molar-refractivity contribution in [1.29, 1.82) is 0 Å². The summed E-state index contributed by atoms with van der Waals surface area (Å²) in [6, 6.07) is 4.24. The van der Waals surface area contributed by atoms with E-state index in [0.717, 1.165) is 19.4 Å². The summed E-state index contributed by atoms with van der Waals surface area (Å²) in [6.45, 7) is 5.36. The van der Waals surface area contributed by atoms with E-state index in [4.69, 9.17) is 11.6 Å². The second-order valence-corrected chi connectivity index (χ2v) is 6.84. The van der Waals surface area contributed by atoms with Gasteiger partial charge in [-0.05, 0) is 47.8 Å². The third-order valence-corrected chi connectivity index (χ3v) is 4.56. The van der Waals surface area contributed by atoms with Gasteiger partial charge in [-0.3, -0.25) is 0 Å². The van der Waals surface area contributed by atoms with E-state index < -0.39 is 0 Å². The molecule has 1 rings (SSSR count). The van der Waals surface area contributed by atoms with Crippen LogP contribution >= 0.6 is 38.9 Å². The molecule has 1 N–H and O–H groups in total. The molecule has 0 fully saturated rings. The van der Waals surface area contributed by atoms with Crippen LogP contribution in [0, 0.1) is 0 Å². The smallest absolute Gasteiger partial charge is 0.0701 e. The normalized spacial score (nSPS) is 15.2. The van der Waals surface area contributed by atoms with Gasteiger partial charge in [0, 0.05) is 22.8 Å². The molecule has 1 heterocycles. The minimum atomic E-state index is 0.165. The van der Waals surface area contributed by atoms with Crippen molar-refractivity contribution < 1.29 is 0 Å². The number of hydrogen-bond acceptors (Lipinski definition) is 2. The van der Waals surface area contributed by atoms with Crippen LogP contribution in [0.1, 0.15) is 31.6 Å². The lowest BCUT2D eigenvalue weighted by Crippen LogP contribution is -2.41. The number of halogens is 2. The Labute approximate surface area is 109 Å². The Morgan fingerprint density at radius 3 is 2.73 bits per heavy atom. The van der Waals surface area contributed by atoms with Crippen molar-refractivity contribution in [1.82, 2.24) is 5.32 Å². The summed E-state index contributed by atoms with van der Waals surface area (Å²) in [4.78, 5) is 1.36. The number of hydrogen-bond donors (Lipinski definition) is 1. The second-order valence-electron chi connectivity index (χ2n) is 3.91. The molecule has 86 valence electrons. The number of thiophene rings is 1. The van der Waals surface area contributed by atoms with Gasteiger partial charge >= 0.3 is 0 Å². The third kappa shape index (κ3) is 4.43. The lowest BCUT2D eigenvalue weighted by Gasteiger charge is -2.28. The summed E-state index contributed by atoms with van der Waals surface area (Å²) in [5, 5.41) is 3.58. The van der Waals surface area contributed by atoms with Gasteiger partial charge in [0.2, 0.25) is 0 Å². The first kappa shape index (κ1) is 13.5. The van der Waals surface area contributed by atoms with Gasteiger partial charge in [-0.25, -0.2) is 0 Å². The summed E-state index contributed by atoms with van der Waals surface area (Å²) >= 11 is 11.1. The molecule has 0 radical (unpaired) electrons. The fourth-order valence-electron chi connectivity index (χ4n) is 1.35. The first-order chi connectivity index (χ1) is 7.09. The highest BCUT2D eigenvalue weighted by molar-refractivity contribution is 9.11. The summed E-state index contributed by atoms with van der Waals surface area (Å²) in [7, 11) is 0. The molecule has 1 aromatic rings. The van der Waals surface area contributed by atoms with Crippen molar-refractivity contribution in [3.63, 3.8) is 0 Å². The van der Waals surface area contributed by atoms with E-state index in [-0.39, 0.29) is 5.54 Å². The molecule has 0 aromatic carbocycles. The van der Waals surface area contributed by atoms with Gasteiger partial charge in [0.1, 0.15) is 0 Å². The van der Waals surface area contributed by atoms with E-state index in [1.807, 2.05) is 0 Å². The third-order valence-electron chi connectivity index (χ3n) is 2.74. The van der Waals surface area contributed by atoms with Crippen LogP contribution in [0.25, 0.3) is 0 Å². The predicted molar refractivity (Wildman–Crippen MR) is 72.9 cm³/mol. The van der Waals surface area contributed by atoms with Crippen molar-refractivity contribution in [2.45, 2.75) is 38.8 Å². The monoisotopic (exact) mass is 309 g/mol. The number of alkyl halides is 1. The standard InChI is InChI=1S/C11H17BrClNS/c1-3-11(2,6-7-13)14-8-9-4-5-10(12)15-9/h4-5,14H,3,6-8H2,1-2H3. The summed E-state index contributed by atoms with van der Waals surface area (Å²) < 4.78 is 1.19. The Morgan fingerprint density at radius 1 is 1.53 bits per heavy atom. The molecule has 0 aliphatic heterocycles. The summed E-state index contributed by atoms with van der Waals surface area (Å²) in [6.07, 6.45) is 2.11. The highest BCUT2D eigenvalue weighted by atomic mass is 79.9. The van der Waals surface area contributed by atoms with Crippen LogP contribution in [0.2, 0.25) is 0 Å². The zero-order chi connectivity index (χ0) is 11.3. The van der Waals surface area contributed by atoms with Crippen molar-refractivity contribution in [3.8, 4) is 0 Å². The van der Waals surface area contributed by atoms with E-state index >= 15 is 0 Å². The molecule has 1 atom stereocenters. The van der Waals surface area contributed by atoms with Crippen molar-refractivity contribution in [2.75, 3.05) is 5.88 Å². The van der Waals surface area contributed by atoms with E-state index in [9.17, 15) is 0 Å². The fourth-order valence-corrected chi connectivity index (χ4v) is 3.19. The highest BCUT2D eigenvalue weighted by Crippen LogP contribution is 2.23. The number of rotatable bonds is 6. The molecule has 0 saturated carbocycles. The Morgan fingerprint density at radius 2 is 2.27 bits per heavy atom. The summed E-state index contributed by atoms with van der Waals surface area (Å²) in [5.41, 5.74) is 0.165. The average Bonchev–Trinajstić information content (AvgIpc) is 2.62. The van der Waals surface area contributed by atoms with Gasteiger partial charge in [-0.1, -0.05) is 6.92 Å². The highest BCUT2D eigenvalue weighted by Gasteiger charge is 2.20. The maximum atomic E-state index is 5.81. The molecule has 1 unspecified atom stereocenters. The summed E-state index contributed by atoms with van der Waals surface area (Å²) in [5.74, 6) is 0.714. The van der Waals surface area contributed by atoms with E-state index in [2.05, 4.69) is 47.2 Å². The van der Waals surface area contributed by atoms with Crippen molar-refractivity contribution in [2.24, 2.45) is 0 Å². The average molecular weight is 311 g/mol. The largest absolute Gasteiger partial charge is 0.307 e. The minimum absolute atomic E-state index is 0.165. The SMILES string of the molecule is CCC(C)(CCCl)NCc1ccc(Br)s1.